The van der Waals surface area contributed by atoms with Gasteiger partial charge < -0.3 is 26.4 Å². The smallest absolute Gasteiger partial charge is 0.226 e. The lowest BCUT2D eigenvalue weighted by Crippen LogP contribution is -2.31. The molecule has 1 fully saturated rings. The highest BCUT2D eigenvalue weighted by Crippen LogP contribution is 2.34. The van der Waals surface area contributed by atoms with Gasteiger partial charge in [0.1, 0.15) is 17.7 Å². The van der Waals surface area contributed by atoms with Crippen molar-refractivity contribution in [2.24, 2.45) is 5.73 Å². The average molecular weight is 357 g/mol. The van der Waals surface area contributed by atoms with Gasteiger partial charge >= 0.3 is 0 Å². The average Bonchev–Trinajstić information content (AvgIpc) is 3.03. The normalized spacial score (nSPS) is 27.0. The number of imidazole rings is 1. The molecule has 24 heavy (non-hydrogen) atoms. The summed E-state index contributed by atoms with van der Waals surface area (Å²) < 4.78 is 7.17. The Kier molecular flexibility index (Phi) is 4.54. The number of nitrogens with two attached hydrogens (primary N) is 2. The van der Waals surface area contributed by atoms with E-state index in [0.717, 1.165) is 0 Å². The Balaban J connectivity index is 1.83. The van der Waals surface area contributed by atoms with Crippen LogP contribution in [-0.2, 0) is 9.53 Å². The van der Waals surface area contributed by atoms with Crippen LogP contribution in [0.4, 0.5) is 5.82 Å². The summed E-state index contributed by atoms with van der Waals surface area (Å²) in [5, 5.41) is 20.4. The van der Waals surface area contributed by atoms with Crippen molar-refractivity contribution in [3.8, 4) is 0 Å². The Hall–Kier alpha value is -2.01. The number of anilines is 1. The van der Waals surface area contributed by atoms with Gasteiger partial charge in [0.2, 0.25) is 11.2 Å². The molecule has 0 bridgehead atoms. The quantitative estimate of drug-likeness (QED) is 0.513. The Labute approximate surface area is 141 Å². The molecular formula is C13H17ClN6O4. The molecule has 1 amide bonds. The molecule has 2 aromatic rings. The van der Waals surface area contributed by atoms with Crippen LogP contribution in [0.3, 0.4) is 0 Å². The predicted molar refractivity (Wildman–Crippen MR) is 83.7 cm³/mol. The van der Waals surface area contributed by atoms with E-state index in [1.807, 2.05) is 0 Å². The van der Waals surface area contributed by atoms with Crippen molar-refractivity contribution < 1.29 is 19.7 Å². The van der Waals surface area contributed by atoms with Crippen molar-refractivity contribution in [1.29, 1.82) is 0 Å². The highest BCUT2D eigenvalue weighted by Gasteiger charge is 2.44. The van der Waals surface area contributed by atoms with E-state index in [1.165, 1.54) is 10.9 Å². The monoisotopic (exact) mass is 356 g/mol. The molecule has 0 saturated carbocycles. The van der Waals surface area contributed by atoms with Gasteiger partial charge in [0.25, 0.3) is 0 Å². The predicted octanol–water partition coefficient (Wildman–Crippen LogP) is -0.663. The van der Waals surface area contributed by atoms with E-state index in [1.54, 1.807) is 0 Å². The maximum absolute atomic E-state index is 10.8. The number of halogens is 1. The number of carbonyl (C=O) groups is 1. The Morgan fingerprint density at radius 3 is 2.83 bits per heavy atom. The zero-order valence-electron chi connectivity index (χ0n) is 12.5. The fourth-order valence-electron chi connectivity index (χ4n) is 2.77. The van der Waals surface area contributed by atoms with Crippen LogP contribution in [0.1, 0.15) is 25.5 Å². The maximum atomic E-state index is 10.8. The van der Waals surface area contributed by atoms with Crippen LogP contribution in [-0.4, -0.2) is 54.0 Å². The molecule has 2 unspecified atom stereocenters. The van der Waals surface area contributed by atoms with Crippen LogP contribution in [0.25, 0.3) is 11.2 Å². The molecule has 0 aromatic carbocycles. The van der Waals surface area contributed by atoms with Crippen molar-refractivity contribution in [3.63, 3.8) is 0 Å². The summed E-state index contributed by atoms with van der Waals surface area (Å²) in [5.41, 5.74) is 11.5. The number of fused-ring (bicyclic) bond motifs is 1. The first-order valence-electron chi connectivity index (χ1n) is 7.34. The fraction of sp³-hybridized carbons (Fsp3) is 0.538. The van der Waals surface area contributed by atoms with Gasteiger partial charge in [-0.1, -0.05) is 0 Å². The highest BCUT2D eigenvalue weighted by atomic mass is 35.5. The lowest BCUT2D eigenvalue weighted by atomic mass is 10.0. The van der Waals surface area contributed by atoms with Crippen molar-refractivity contribution in [1.82, 2.24) is 19.5 Å². The summed E-state index contributed by atoms with van der Waals surface area (Å²) in [5.74, 6) is -0.322. The number of nitrogen functional groups attached to an aromatic ring is 1. The van der Waals surface area contributed by atoms with E-state index in [4.69, 9.17) is 27.8 Å². The van der Waals surface area contributed by atoms with Gasteiger partial charge in [0.15, 0.2) is 17.7 Å². The third kappa shape index (κ3) is 3.00. The van der Waals surface area contributed by atoms with E-state index in [9.17, 15) is 15.0 Å². The van der Waals surface area contributed by atoms with Crippen LogP contribution in [0.15, 0.2) is 6.33 Å². The minimum Gasteiger partial charge on any atom is -0.388 e. The molecule has 3 rings (SSSR count). The molecular weight excluding hydrogens is 340 g/mol. The van der Waals surface area contributed by atoms with Gasteiger partial charge in [-0.25, -0.2) is 4.98 Å². The molecule has 2 aromatic heterocycles. The van der Waals surface area contributed by atoms with E-state index < -0.39 is 30.4 Å². The van der Waals surface area contributed by atoms with Crippen LogP contribution in [0.5, 0.6) is 0 Å². The lowest BCUT2D eigenvalue weighted by Gasteiger charge is -2.16. The summed E-state index contributed by atoms with van der Waals surface area (Å²) in [6.45, 7) is 0. The standard InChI is InChI=1S/C13H17ClN6O4/c14-13-18-10(16)7-11(19-13)20(4-17-7)12-9(23)8(22)5(24-12)2-1-3-6(15)21/h4-5,8-9,12,22-23H,1-3H2,(H2,15,21)(H2,16,18,19)/t5-,8?,9?,12-/m1/s1. The van der Waals surface area contributed by atoms with Gasteiger partial charge in [-0.2, -0.15) is 9.97 Å². The van der Waals surface area contributed by atoms with Gasteiger partial charge in [0.05, 0.1) is 12.4 Å². The van der Waals surface area contributed by atoms with Crippen molar-refractivity contribution >= 4 is 34.5 Å². The number of hydrogen-bond acceptors (Lipinski definition) is 8. The summed E-state index contributed by atoms with van der Waals surface area (Å²) in [4.78, 5) is 22.8. The molecule has 1 aliphatic heterocycles. The first kappa shape index (κ1) is 16.8. The first-order chi connectivity index (χ1) is 11.4. The van der Waals surface area contributed by atoms with Gasteiger partial charge in [-0.05, 0) is 24.4 Å². The fourth-order valence-corrected chi connectivity index (χ4v) is 2.94. The second kappa shape index (κ2) is 6.48. The lowest BCUT2D eigenvalue weighted by molar-refractivity contribution is -0.118. The highest BCUT2D eigenvalue weighted by molar-refractivity contribution is 6.28. The molecule has 0 radical (unpaired) electrons. The van der Waals surface area contributed by atoms with Crippen molar-refractivity contribution in [3.05, 3.63) is 11.6 Å². The number of carbonyl (C=O) groups excluding carboxylic acids is 1. The van der Waals surface area contributed by atoms with E-state index >= 15 is 0 Å². The molecule has 1 saturated heterocycles. The molecule has 1 aliphatic rings. The molecule has 0 spiro atoms. The van der Waals surface area contributed by atoms with Crippen LogP contribution < -0.4 is 11.5 Å². The van der Waals surface area contributed by atoms with Gasteiger partial charge in [-0.15, -0.1) is 0 Å². The largest absolute Gasteiger partial charge is 0.388 e. The number of ether oxygens (including phenoxy) is 1. The molecule has 10 nitrogen and oxygen atoms in total. The number of aromatic nitrogens is 4. The minimum atomic E-state index is -1.20. The van der Waals surface area contributed by atoms with E-state index in [2.05, 4.69) is 15.0 Å². The SMILES string of the molecule is NC(=O)CCC[C@H]1O[C@@H](n2cnc3c(N)nc(Cl)nc32)C(O)C1O. The van der Waals surface area contributed by atoms with E-state index in [-0.39, 0.29) is 17.5 Å². The molecule has 0 aliphatic carbocycles. The number of hydrogen-bond donors (Lipinski definition) is 4. The molecule has 11 heteroatoms. The van der Waals surface area contributed by atoms with Crippen molar-refractivity contribution in [2.75, 3.05) is 5.73 Å². The van der Waals surface area contributed by atoms with Crippen molar-refractivity contribution in [2.45, 2.75) is 43.8 Å². The topological polar surface area (TPSA) is 162 Å². The third-order valence-electron chi connectivity index (χ3n) is 3.94. The Morgan fingerprint density at radius 1 is 1.38 bits per heavy atom. The van der Waals surface area contributed by atoms with Crippen LogP contribution in [0, 0.1) is 0 Å². The second-order valence-electron chi connectivity index (χ2n) is 5.61. The summed E-state index contributed by atoms with van der Waals surface area (Å²) in [6.07, 6.45) is -1.47. The Bertz CT molecular complexity index is 768. The zero-order chi connectivity index (χ0) is 17.4. The number of aliphatic hydroxyl groups is 2. The van der Waals surface area contributed by atoms with Crippen LogP contribution >= 0.6 is 11.6 Å². The first-order valence-corrected chi connectivity index (χ1v) is 7.71. The van der Waals surface area contributed by atoms with Gasteiger partial charge in [0, 0.05) is 6.42 Å². The Morgan fingerprint density at radius 2 is 2.12 bits per heavy atom. The number of primary amides is 1. The summed E-state index contributed by atoms with van der Waals surface area (Å²) >= 11 is 5.81. The molecule has 3 heterocycles. The summed E-state index contributed by atoms with van der Waals surface area (Å²) in [6, 6.07) is 0. The number of aliphatic hydroxyl groups excluding tert-OH is 2. The number of rotatable bonds is 5. The third-order valence-corrected chi connectivity index (χ3v) is 4.11. The number of amides is 1. The molecule has 6 N–H and O–H groups in total. The minimum absolute atomic E-state index is 0.0622. The van der Waals surface area contributed by atoms with E-state index in [0.29, 0.717) is 24.0 Å². The van der Waals surface area contributed by atoms with Gasteiger partial charge in [-0.3, -0.25) is 9.36 Å². The van der Waals surface area contributed by atoms with Crippen LogP contribution in [0.2, 0.25) is 5.28 Å². The summed E-state index contributed by atoms with van der Waals surface area (Å²) in [7, 11) is 0. The molecule has 4 atom stereocenters. The zero-order valence-corrected chi connectivity index (χ0v) is 13.3. The maximum Gasteiger partial charge on any atom is 0.226 e. The molecule has 130 valence electrons. The second-order valence-corrected chi connectivity index (χ2v) is 5.94. The number of nitrogens with zero attached hydrogens (tertiary/aromatic N) is 4.